The summed E-state index contributed by atoms with van der Waals surface area (Å²) >= 11 is 1.27. The summed E-state index contributed by atoms with van der Waals surface area (Å²) in [5.41, 5.74) is 1.61. The highest BCUT2D eigenvalue weighted by molar-refractivity contribution is 7.99. The number of ether oxygens (including phenoxy) is 1. The summed E-state index contributed by atoms with van der Waals surface area (Å²) in [6.45, 7) is 1.80. The second kappa shape index (κ2) is 7.77. The average Bonchev–Trinajstić information content (AvgIpc) is 2.94. The maximum Gasteiger partial charge on any atom is 0.316 e. The first-order valence-corrected chi connectivity index (χ1v) is 8.03. The summed E-state index contributed by atoms with van der Waals surface area (Å²) in [6.07, 6.45) is 0.436. The van der Waals surface area contributed by atoms with Gasteiger partial charge in [-0.1, -0.05) is 18.7 Å². The molecule has 0 bridgehead atoms. The van der Waals surface area contributed by atoms with Crippen molar-refractivity contribution in [2.45, 2.75) is 18.5 Å². The summed E-state index contributed by atoms with van der Waals surface area (Å²) in [5.74, 6) is 0.531. The molecule has 1 N–H and O–H groups in total. The molecule has 0 aliphatic carbocycles. The first kappa shape index (κ1) is 17.0. The van der Waals surface area contributed by atoms with E-state index in [0.717, 1.165) is 11.3 Å². The van der Waals surface area contributed by atoms with Crippen LogP contribution in [0.25, 0.3) is 11.4 Å². The predicted octanol–water partition coefficient (Wildman–Crippen LogP) is 2.10. The van der Waals surface area contributed by atoms with Gasteiger partial charge in [-0.2, -0.15) is 0 Å². The van der Waals surface area contributed by atoms with Gasteiger partial charge in [0, 0.05) is 24.7 Å². The van der Waals surface area contributed by atoms with E-state index in [1.54, 1.807) is 6.92 Å². The number of amides is 1. The largest absolute Gasteiger partial charge is 0.468 e. The van der Waals surface area contributed by atoms with E-state index in [9.17, 15) is 9.59 Å². The molecular weight excluding hydrogens is 316 g/mol. The highest BCUT2D eigenvalue weighted by atomic mass is 32.2. The summed E-state index contributed by atoms with van der Waals surface area (Å²) in [6, 6.07) is 7.37. The van der Waals surface area contributed by atoms with E-state index in [2.05, 4.69) is 20.3 Å². The molecule has 1 heterocycles. The van der Waals surface area contributed by atoms with Gasteiger partial charge in [0.05, 0.1) is 12.9 Å². The van der Waals surface area contributed by atoms with Gasteiger partial charge in [-0.05, 0) is 24.3 Å². The normalized spacial score (nSPS) is 10.4. The number of hydrogen-bond donors (Lipinski definition) is 1. The Hall–Kier alpha value is -2.35. The molecule has 23 heavy (non-hydrogen) atoms. The Morgan fingerprint density at radius 1 is 1.26 bits per heavy atom. The first-order valence-electron chi connectivity index (χ1n) is 7.04. The third kappa shape index (κ3) is 4.32. The van der Waals surface area contributed by atoms with E-state index < -0.39 is 0 Å². The molecule has 0 saturated carbocycles. The number of hydrogen-bond acceptors (Lipinski definition) is 6. The van der Waals surface area contributed by atoms with E-state index in [1.165, 1.54) is 18.9 Å². The van der Waals surface area contributed by atoms with Crippen LogP contribution in [-0.4, -0.2) is 39.5 Å². The Balaban J connectivity index is 2.11. The Morgan fingerprint density at radius 2 is 1.96 bits per heavy atom. The Labute approximate surface area is 138 Å². The molecule has 8 heteroatoms. The second-order valence-corrected chi connectivity index (χ2v) is 5.65. The van der Waals surface area contributed by atoms with E-state index in [-0.39, 0.29) is 17.6 Å². The highest BCUT2D eigenvalue weighted by Crippen LogP contribution is 2.24. The standard InChI is InChI=1S/C15H18N4O3S/c1-4-12(20)16-11-7-5-10(6-8-11)14-17-18-15(19(14)2)23-9-13(21)22-3/h5-8H,4,9H2,1-3H3,(H,16,20). The van der Waals surface area contributed by atoms with Crippen molar-refractivity contribution in [2.24, 2.45) is 7.05 Å². The minimum atomic E-state index is -0.310. The molecule has 0 saturated heterocycles. The lowest BCUT2D eigenvalue weighted by Crippen LogP contribution is -2.09. The zero-order chi connectivity index (χ0) is 16.8. The van der Waals surface area contributed by atoms with Crippen molar-refractivity contribution >= 4 is 29.3 Å². The first-order chi connectivity index (χ1) is 11.0. The van der Waals surface area contributed by atoms with E-state index in [1.807, 2.05) is 35.9 Å². The lowest BCUT2D eigenvalue weighted by Gasteiger charge is -2.06. The van der Waals surface area contributed by atoms with Gasteiger partial charge < -0.3 is 14.6 Å². The smallest absolute Gasteiger partial charge is 0.316 e. The maximum atomic E-state index is 11.4. The van der Waals surface area contributed by atoms with Gasteiger partial charge in [0.15, 0.2) is 11.0 Å². The number of thioether (sulfide) groups is 1. The van der Waals surface area contributed by atoms with E-state index in [4.69, 9.17) is 0 Å². The predicted molar refractivity (Wildman–Crippen MR) is 88.1 cm³/mol. The van der Waals surface area contributed by atoms with Crippen LogP contribution in [0.3, 0.4) is 0 Å². The number of anilines is 1. The molecule has 1 amide bonds. The quantitative estimate of drug-likeness (QED) is 0.643. The monoisotopic (exact) mass is 334 g/mol. The molecule has 0 fully saturated rings. The number of methoxy groups -OCH3 is 1. The van der Waals surface area contributed by atoms with Crippen LogP contribution in [0.4, 0.5) is 5.69 Å². The molecule has 0 aliphatic heterocycles. The number of nitrogens with zero attached hydrogens (tertiary/aromatic N) is 3. The molecule has 122 valence electrons. The summed E-state index contributed by atoms with van der Waals surface area (Å²) in [5, 5.41) is 11.7. The minimum absolute atomic E-state index is 0.0297. The fourth-order valence-electron chi connectivity index (χ4n) is 1.83. The SMILES string of the molecule is CCC(=O)Nc1ccc(-c2nnc(SCC(=O)OC)n2C)cc1. The van der Waals surface area contributed by atoms with Gasteiger partial charge in [-0.3, -0.25) is 9.59 Å². The van der Waals surface area contributed by atoms with Crippen molar-refractivity contribution in [3.05, 3.63) is 24.3 Å². The van der Waals surface area contributed by atoms with E-state index >= 15 is 0 Å². The van der Waals surface area contributed by atoms with Crippen molar-refractivity contribution in [3.8, 4) is 11.4 Å². The van der Waals surface area contributed by atoms with Crippen LogP contribution in [0.5, 0.6) is 0 Å². The molecule has 2 aromatic rings. The van der Waals surface area contributed by atoms with Crippen molar-refractivity contribution in [1.29, 1.82) is 0 Å². The van der Waals surface area contributed by atoms with Crippen LogP contribution in [0.2, 0.25) is 0 Å². The third-order valence-electron chi connectivity index (χ3n) is 3.13. The summed E-state index contributed by atoms with van der Waals surface area (Å²) in [7, 11) is 3.19. The number of rotatable bonds is 6. The molecule has 1 aromatic carbocycles. The number of benzene rings is 1. The Kier molecular flexibility index (Phi) is 5.75. The van der Waals surface area contributed by atoms with E-state index in [0.29, 0.717) is 17.4 Å². The molecule has 0 unspecified atom stereocenters. The third-order valence-corrected chi connectivity index (χ3v) is 4.12. The van der Waals surface area contributed by atoms with Gasteiger partial charge in [-0.25, -0.2) is 0 Å². The highest BCUT2D eigenvalue weighted by Gasteiger charge is 2.13. The average molecular weight is 334 g/mol. The molecule has 0 atom stereocenters. The van der Waals surface area contributed by atoms with Crippen molar-refractivity contribution in [1.82, 2.24) is 14.8 Å². The molecule has 7 nitrogen and oxygen atoms in total. The van der Waals surface area contributed by atoms with Crippen LogP contribution in [-0.2, 0) is 21.4 Å². The summed E-state index contributed by atoms with van der Waals surface area (Å²) in [4.78, 5) is 22.6. The van der Waals surface area contributed by atoms with Crippen molar-refractivity contribution < 1.29 is 14.3 Å². The van der Waals surface area contributed by atoms with Gasteiger partial charge in [0.1, 0.15) is 0 Å². The molecule has 0 spiro atoms. The van der Waals surface area contributed by atoms with Gasteiger partial charge >= 0.3 is 5.97 Å². The lowest BCUT2D eigenvalue weighted by molar-refractivity contribution is -0.137. The molecule has 1 aromatic heterocycles. The number of carbonyl (C=O) groups is 2. The zero-order valence-corrected chi connectivity index (χ0v) is 14.0. The summed E-state index contributed by atoms with van der Waals surface area (Å²) < 4.78 is 6.42. The van der Waals surface area contributed by atoms with Gasteiger partial charge in [0.25, 0.3) is 0 Å². The minimum Gasteiger partial charge on any atom is -0.468 e. The number of esters is 1. The number of nitrogens with one attached hydrogen (secondary N) is 1. The Morgan fingerprint density at radius 3 is 2.57 bits per heavy atom. The van der Waals surface area contributed by atoms with Gasteiger partial charge in [0.2, 0.25) is 5.91 Å². The molecular formula is C15H18N4O3S. The molecule has 2 rings (SSSR count). The fraction of sp³-hybridized carbons (Fsp3) is 0.333. The lowest BCUT2D eigenvalue weighted by atomic mass is 10.2. The molecule has 0 aliphatic rings. The number of aromatic nitrogens is 3. The number of carbonyl (C=O) groups excluding carboxylic acids is 2. The van der Waals surface area contributed by atoms with Crippen LogP contribution < -0.4 is 5.32 Å². The van der Waals surface area contributed by atoms with Crippen molar-refractivity contribution in [2.75, 3.05) is 18.2 Å². The van der Waals surface area contributed by atoms with Crippen molar-refractivity contribution in [3.63, 3.8) is 0 Å². The fourth-order valence-corrected chi connectivity index (χ4v) is 2.57. The zero-order valence-electron chi connectivity index (χ0n) is 13.2. The van der Waals surface area contributed by atoms with Crippen LogP contribution in [0, 0.1) is 0 Å². The van der Waals surface area contributed by atoms with Crippen LogP contribution in [0.1, 0.15) is 13.3 Å². The Bertz CT molecular complexity index is 697. The second-order valence-electron chi connectivity index (χ2n) is 4.71. The van der Waals surface area contributed by atoms with Gasteiger partial charge in [-0.15, -0.1) is 10.2 Å². The maximum absolute atomic E-state index is 11.4. The topological polar surface area (TPSA) is 86.1 Å². The van der Waals surface area contributed by atoms with Crippen LogP contribution in [0.15, 0.2) is 29.4 Å². The molecule has 0 radical (unpaired) electrons. The van der Waals surface area contributed by atoms with Crippen LogP contribution >= 0.6 is 11.8 Å².